The fraction of sp³-hybridized carbons (Fsp3) is 0. The van der Waals surface area contributed by atoms with Crippen molar-refractivity contribution in [3.63, 3.8) is 0 Å². The molecule has 4 nitrogen and oxygen atoms in total. The third kappa shape index (κ3) is 3.20. The van der Waals surface area contributed by atoms with Crippen LogP contribution in [-0.4, -0.2) is 15.5 Å². The van der Waals surface area contributed by atoms with Crippen LogP contribution in [0.5, 0.6) is 0 Å². The Morgan fingerprint density at radius 3 is 2.45 bits per heavy atom. The first-order valence-electron chi connectivity index (χ1n) is 6.29. The van der Waals surface area contributed by atoms with Gasteiger partial charge in [-0.15, -0.1) is 5.10 Å². The number of rotatable bonds is 3. The number of hydrogen-bond acceptors (Lipinski definition) is 4. The summed E-state index contributed by atoms with van der Waals surface area (Å²) in [4.78, 5) is 12.7. The Morgan fingerprint density at radius 2 is 1.77 bits per heavy atom. The van der Waals surface area contributed by atoms with Crippen molar-refractivity contribution >= 4 is 39.1 Å². The lowest BCUT2D eigenvalue weighted by molar-refractivity contribution is 0.103. The van der Waals surface area contributed by atoms with E-state index in [0.717, 1.165) is 21.6 Å². The fourth-order valence-electron chi connectivity index (χ4n) is 1.86. The number of benzene rings is 2. The minimum atomic E-state index is -0.354. The number of aromatic nitrogens is 2. The van der Waals surface area contributed by atoms with Gasteiger partial charge in [-0.2, -0.15) is 0 Å². The number of anilines is 1. The number of carbonyl (C=O) groups excluding carboxylic acids is 1. The number of amides is 1. The molecule has 2 aromatic carbocycles. The maximum absolute atomic E-state index is 12.9. The fourth-order valence-corrected chi connectivity index (χ4v) is 2.70. The second-order valence-corrected chi connectivity index (χ2v) is 6.09. The molecular formula is C15H9BrFN3OS. The molecule has 0 radical (unpaired) electrons. The van der Waals surface area contributed by atoms with Crippen LogP contribution in [0.25, 0.3) is 11.3 Å². The Balaban J connectivity index is 1.86. The van der Waals surface area contributed by atoms with Crippen molar-refractivity contribution in [3.05, 3.63) is 63.7 Å². The standard InChI is InChI=1S/C15H9BrFN3OS/c16-10-3-1-9(2-4-10)13-14(22-20-19-13)15(21)18-12-7-5-11(17)6-8-12/h1-8H,(H,18,21). The second-order valence-electron chi connectivity index (χ2n) is 4.42. The van der Waals surface area contributed by atoms with Crippen molar-refractivity contribution < 1.29 is 9.18 Å². The molecule has 0 unspecified atom stereocenters. The van der Waals surface area contributed by atoms with E-state index in [1.54, 1.807) is 0 Å². The molecule has 3 aromatic rings. The molecule has 1 aromatic heterocycles. The van der Waals surface area contributed by atoms with Gasteiger partial charge in [-0.05, 0) is 47.9 Å². The summed E-state index contributed by atoms with van der Waals surface area (Å²) in [5.41, 5.74) is 1.85. The highest BCUT2D eigenvalue weighted by molar-refractivity contribution is 9.10. The van der Waals surface area contributed by atoms with Crippen molar-refractivity contribution in [3.8, 4) is 11.3 Å². The number of carbonyl (C=O) groups is 1. The van der Waals surface area contributed by atoms with Gasteiger partial charge in [-0.25, -0.2) is 4.39 Å². The van der Waals surface area contributed by atoms with Crippen molar-refractivity contribution in [2.24, 2.45) is 0 Å². The van der Waals surface area contributed by atoms with Crippen LogP contribution in [-0.2, 0) is 0 Å². The lowest BCUT2D eigenvalue weighted by Gasteiger charge is -2.04. The molecule has 0 saturated carbocycles. The van der Waals surface area contributed by atoms with E-state index in [2.05, 4.69) is 30.8 Å². The van der Waals surface area contributed by atoms with Crippen LogP contribution in [0.1, 0.15) is 9.67 Å². The smallest absolute Gasteiger partial charge is 0.269 e. The third-order valence-electron chi connectivity index (χ3n) is 2.91. The molecule has 1 N–H and O–H groups in total. The van der Waals surface area contributed by atoms with Crippen molar-refractivity contribution in [2.45, 2.75) is 0 Å². The normalized spacial score (nSPS) is 10.5. The molecule has 0 spiro atoms. The molecular weight excluding hydrogens is 369 g/mol. The van der Waals surface area contributed by atoms with E-state index in [9.17, 15) is 9.18 Å². The Kier molecular flexibility index (Phi) is 4.26. The van der Waals surface area contributed by atoms with Crippen molar-refractivity contribution in [2.75, 3.05) is 5.32 Å². The Morgan fingerprint density at radius 1 is 1.09 bits per heavy atom. The Hall–Kier alpha value is -2.12. The SMILES string of the molecule is O=C(Nc1ccc(F)cc1)c1snnc1-c1ccc(Br)cc1. The molecule has 3 rings (SSSR count). The summed E-state index contributed by atoms with van der Waals surface area (Å²) in [6.45, 7) is 0. The van der Waals surface area contributed by atoms with Crippen LogP contribution in [0, 0.1) is 5.82 Å². The summed E-state index contributed by atoms with van der Waals surface area (Å²) in [6.07, 6.45) is 0. The minimum absolute atomic E-state index is 0.320. The molecule has 0 aliphatic rings. The van der Waals surface area contributed by atoms with E-state index in [-0.39, 0.29) is 11.7 Å². The van der Waals surface area contributed by atoms with Crippen LogP contribution in [0.15, 0.2) is 53.0 Å². The van der Waals surface area contributed by atoms with Crippen LogP contribution in [0.3, 0.4) is 0 Å². The topological polar surface area (TPSA) is 54.9 Å². The molecule has 0 bridgehead atoms. The first-order valence-corrected chi connectivity index (χ1v) is 7.85. The van der Waals surface area contributed by atoms with Crippen LogP contribution >= 0.6 is 27.5 Å². The lowest BCUT2D eigenvalue weighted by Crippen LogP contribution is -2.11. The highest BCUT2D eigenvalue weighted by atomic mass is 79.9. The highest BCUT2D eigenvalue weighted by Crippen LogP contribution is 2.26. The molecule has 0 aliphatic carbocycles. The predicted molar refractivity (Wildman–Crippen MR) is 87.4 cm³/mol. The monoisotopic (exact) mass is 377 g/mol. The first kappa shape index (κ1) is 14.8. The quantitative estimate of drug-likeness (QED) is 0.737. The molecule has 0 aliphatic heterocycles. The lowest BCUT2D eigenvalue weighted by atomic mass is 10.1. The van der Waals surface area contributed by atoms with E-state index in [1.807, 2.05) is 24.3 Å². The minimum Gasteiger partial charge on any atom is -0.321 e. The summed E-state index contributed by atoms with van der Waals surface area (Å²) in [7, 11) is 0. The summed E-state index contributed by atoms with van der Waals surface area (Å²) < 4.78 is 17.7. The van der Waals surface area contributed by atoms with E-state index in [1.165, 1.54) is 24.3 Å². The maximum atomic E-state index is 12.9. The zero-order valence-corrected chi connectivity index (χ0v) is 13.5. The van der Waals surface area contributed by atoms with Gasteiger partial charge >= 0.3 is 0 Å². The zero-order chi connectivity index (χ0) is 15.5. The largest absolute Gasteiger partial charge is 0.321 e. The van der Waals surface area contributed by atoms with Crippen molar-refractivity contribution in [1.82, 2.24) is 9.59 Å². The third-order valence-corrected chi connectivity index (χ3v) is 4.17. The summed E-state index contributed by atoms with van der Waals surface area (Å²) in [5.74, 6) is -0.674. The average Bonchev–Trinajstić information content (AvgIpc) is 3.00. The van der Waals surface area contributed by atoms with Gasteiger partial charge < -0.3 is 5.32 Å². The summed E-state index contributed by atoms with van der Waals surface area (Å²) in [5, 5.41) is 6.73. The molecule has 110 valence electrons. The van der Waals surface area contributed by atoms with E-state index < -0.39 is 0 Å². The molecule has 7 heteroatoms. The van der Waals surface area contributed by atoms with Crippen molar-refractivity contribution in [1.29, 1.82) is 0 Å². The van der Waals surface area contributed by atoms with Crippen LogP contribution in [0.2, 0.25) is 0 Å². The molecule has 22 heavy (non-hydrogen) atoms. The van der Waals surface area contributed by atoms with Gasteiger partial charge in [-0.1, -0.05) is 32.6 Å². The first-order chi connectivity index (χ1) is 10.6. The summed E-state index contributed by atoms with van der Waals surface area (Å²) in [6, 6.07) is 13.0. The van der Waals surface area contributed by atoms with Gasteiger partial charge in [0.15, 0.2) is 0 Å². The molecule has 0 atom stereocenters. The van der Waals surface area contributed by atoms with Gasteiger partial charge in [0, 0.05) is 15.7 Å². The average molecular weight is 378 g/mol. The number of halogens is 2. The molecule has 1 heterocycles. The Bertz CT molecular complexity index is 802. The summed E-state index contributed by atoms with van der Waals surface area (Å²) >= 11 is 4.38. The highest BCUT2D eigenvalue weighted by Gasteiger charge is 2.18. The zero-order valence-electron chi connectivity index (χ0n) is 11.1. The number of hydrogen-bond donors (Lipinski definition) is 1. The molecule has 0 fully saturated rings. The van der Waals surface area contributed by atoms with Gasteiger partial charge in [0.2, 0.25) is 0 Å². The van der Waals surface area contributed by atoms with Gasteiger partial charge in [0.25, 0.3) is 5.91 Å². The number of nitrogens with zero attached hydrogens (tertiary/aromatic N) is 2. The van der Waals surface area contributed by atoms with E-state index >= 15 is 0 Å². The number of nitrogens with one attached hydrogen (secondary N) is 1. The van der Waals surface area contributed by atoms with Gasteiger partial charge in [-0.3, -0.25) is 4.79 Å². The Labute approximate surface area is 138 Å². The van der Waals surface area contributed by atoms with Gasteiger partial charge in [0.1, 0.15) is 16.4 Å². The molecule has 1 amide bonds. The van der Waals surface area contributed by atoms with Crippen LogP contribution in [0.4, 0.5) is 10.1 Å². The molecule has 0 saturated heterocycles. The van der Waals surface area contributed by atoms with Gasteiger partial charge in [0.05, 0.1) is 0 Å². The maximum Gasteiger partial charge on any atom is 0.269 e. The van der Waals surface area contributed by atoms with Crippen LogP contribution < -0.4 is 5.32 Å². The van der Waals surface area contributed by atoms with E-state index in [0.29, 0.717) is 16.3 Å². The van der Waals surface area contributed by atoms with E-state index in [4.69, 9.17) is 0 Å². The second kappa shape index (κ2) is 6.33. The predicted octanol–water partition coefficient (Wildman–Crippen LogP) is 4.36.